The van der Waals surface area contributed by atoms with E-state index in [1.54, 1.807) is 28.8 Å². The minimum atomic E-state index is -0.521. The number of nitrogens with one attached hydrogen (secondary N) is 1. The Labute approximate surface area is 174 Å². The molecular formula is C22H21ClN4O2. The standard InChI is InChI=1S/C22H21ClN4O2/c1-14-13-27(17-9-4-3-5-10-17)25-21(14)24-22(29)18-12-19(28)26(2)20(18)15-7-6-8-16(23)11-15/h3-11,13,18,20H,12H2,1-2H3,(H,24,25,29). The van der Waals surface area contributed by atoms with Crippen LogP contribution in [0.3, 0.4) is 0 Å². The number of halogens is 1. The number of hydrogen-bond acceptors (Lipinski definition) is 3. The summed E-state index contributed by atoms with van der Waals surface area (Å²) in [6.45, 7) is 1.89. The van der Waals surface area contributed by atoms with Crippen molar-refractivity contribution < 1.29 is 9.59 Å². The van der Waals surface area contributed by atoms with Crippen LogP contribution in [0.1, 0.15) is 23.6 Å². The van der Waals surface area contributed by atoms with Gasteiger partial charge in [0.15, 0.2) is 5.82 Å². The summed E-state index contributed by atoms with van der Waals surface area (Å²) in [5.74, 6) is -0.325. The molecule has 2 aromatic carbocycles. The summed E-state index contributed by atoms with van der Waals surface area (Å²) >= 11 is 6.13. The molecule has 6 nitrogen and oxygen atoms in total. The van der Waals surface area contributed by atoms with Crippen molar-refractivity contribution in [3.05, 3.63) is 76.9 Å². The molecular weight excluding hydrogens is 388 g/mol. The molecule has 1 N–H and O–H groups in total. The zero-order valence-electron chi connectivity index (χ0n) is 16.2. The largest absolute Gasteiger partial charge is 0.338 e. The van der Waals surface area contributed by atoms with Crippen molar-refractivity contribution in [2.24, 2.45) is 5.92 Å². The lowest BCUT2D eigenvalue weighted by Crippen LogP contribution is -2.30. The number of amides is 2. The number of hydrogen-bond donors (Lipinski definition) is 1. The molecule has 0 bridgehead atoms. The van der Waals surface area contributed by atoms with E-state index in [0.29, 0.717) is 10.8 Å². The van der Waals surface area contributed by atoms with E-state index >= 15 is 0 Å². The summed E-state index contributed by atoms with van der Waals surface area (Å²) in [6.07, 6.45) is 2.02. The second-order valence-corrected chi connectivity index (χ2v) is 7.68. The van der Waals surface area contributed by atoms with E-state index < -0.39 is 5.92 Å². The van der Waals surface area contributed by atoms with Gasteiger partial charge in [-0.05, 0) is 36.8 Å². The SMILES string of the molecule is Cc1cn(-c2ccccc2)nc1NC(=O)C1CC(=O)N(C)C1c1cccc(Cl)c1. The molecule has 2 atom stereocenters. The fourth-order valence-electron chi connectivity index (χ4n) is 3.76. The van der Waals surface area contributed by atoms with Gasteiger partial charge in [-0.15, -0.1) is 5.10 Å². The first-order chi connectivity index (χ1) is 13.9. The minimum Gasteiger partial charge on any atom is -0.338 e. The van der Waals surface area contributed by atoms with Gasteiger partial charge in [-0.3, -0.25) is 9.59 Å². The van der Waals surface area contributed by atoms with E-state index in [-0.39, 0.29) is 24.3 Å². The van der Waals surface area contributed by atoms with Crippen LogP contribution in [0.2, 0.25) is 5.02 Å². The third-order valence-corrected chi connectivity index (χ3v) is 5.51. The molecule has 0 radical (unpaired) electrons. The third kappa shape index (κ3) is 3.76. The molecule has 0 spiro atoms. The first-order valence-corrected chi connectivity index (χ1v) is 9.75. The number of para-hydroxylation sites is 1. The van der Waals surface area contributed by atoms with Crippen LogP contribution >= 0.6 is 11.6 Å². The molecule has 0 saturated carbocycles. The monoisotopic (exact) mass is 408 g/mol. The Balaban J connectivity index is 1.59. The summed E-state index contributed by atoms with van der Waals surface area (Å²) in [7, 11) is 1.72. The number of anilines is 1. The fourth-order valence-corrected chi connectivity index (χ4v) is 3.96. The second kappa shape index (κ2) is 7.72. The van der Waals surface area contributed by atoms with Crippen molar-refractivity contribution >= 4 is 29.2 Å². The Morgan fingerprint density at radius 1 is 1.17 bits per heavy atom. The van der Waals surface area contributed by atoms with Gasteiger partial charge in [0.1, 0.15) is 0 Å². The molecule has 29 heavy (non-hydrogen) atoms. The lowest BCUT2D eigenvalue weighted by atomic mass is 9.93. The Morgan fingerprint density at radius 2 is 1.93 bits per heavy atom. The van der Waals surface area contributed by atoms with Gasteiger partial charge in [0.25, 0.3) is 0 Å². The first-order valence-electron chi connectivity index (χ1n) is 9.37. The normalized spacial score (nSPS) is 18.9. The summed E-state index contributed by atoms with van der Waals surface area (Å²) in [6, 6.07) is 16.6. The fraction of sp³-hybridized carbons (Fsp3) is 0.227. The molecule has 2 amide bonds. The van der Waals surface area contributed by atoms with Crippen molar-refractivity contribution in [3.63, 3.8) is 0 Å². The van der Waals surface area contributed by atoms with Gasteiger partial charge >= 0.3 is 0 Å². The lowest BCUT2D eigenvalue weighted by Gasteiger charge is -2.25. The third-order valence-electron chi connectivity index (χ3n) is 5.27. The van der Waals surface area contributed by atoms with Crippen molar-refractivity contribution in [2.75, 3.05) is 12.4 Å². The number of nitrogens with zero attached hydrogens (tertiary/aromatic N) is 3. The number of benzene rings is 2. The molecule has 1 fully saturated rings. The molecule has 0 aliphatic carbocycles. The predicted octanol–water partition coefficient (Wildman–Crippen LogP) is 3.99. The Kier molecular flexibility index (Phi) is 5.11. The number of carbonyl (C=O) groups is 2. The Bertz CT molecular complexity index is 1060. The Morgan fingerprint density at radius 3 is 2.66 bits per heavy atom. The summed E-state index contributed by atoms with van der Waals surface area (Å²) in [5.41, 5.74) is 2.60. The topological polar surface area (TPSA) is 67.2 Å². The summed E-state index contributed by atoms with van der Waals surface area (Å²) in [4.78, 5) is 27.1. The van der Waals surface area contributed by atoms with Crippen LogP contribution < -0.4 is 5.32 Å². The van der Waals surface area contributed by atoms with Gasteiger partial charge in [-0.25, -0.2) is 4.68 Å². The number of likely N-dealkylation sites (tertiary alicyclic amines) is 1. The highest BCUT2D eigenvalue weighted by atomic mass is 35.5. The predicted molar refractivity (Wildman–Crippen MR) is 112 cm³/mol. The smallest absolute Gasteiger partial charge is 0.231 e. The molecule has 3 aromatic rings. The molecule has 1 aliphatic rings. The highest BCUT2D eigenvalue weighted by molar-refractivity contribution is 6.30. The van der Waals surface area contributed by atoms with E-state index in [2.05, 4.69) is 10.4 Å². The molecule has 2 unspecified atom stereocenters. The molecule has 2 heterocycles. The zero-order chi connectivity index (χ0) is 20.5. The Hall–Kier alpha value is -3.12. The molecule has 4 rings (SSSR count). The van der Waals surface area contributed by atoms with Crippen LogP contribution in [-0.2, 0) is 9.59 Å². The van der Waals surface area contributed by atoms with E-state index in [1.165, 1.54) is 0 Å². The highest BCUT2D eigenvalue weighted by Crippen LogP contribution is 2.38. The number of aryl methyl sites for hydroxylation is 1. The van der Waals surface area contributed by atoms with Gasteiger partial charge in [-0.2, -0.15) is 0 Å². The van der Waals surface area contributed by atoms with Crippen LogP contribution in [0, 0.1) is 12.8 Å². The van der Waals surface area contributed by atoms with E-state index in [0.717, 1.165) is 16.8 Å². The average molecular weight is 409 g/mol. The van der Waals surface area contributed by atoms with Crippen LogP contribution in [0.25, 0.3) is 5.69 Å². The average Bonchev–Trinajstić information content (AvgIpc) is 3.22. The van der Waals surface area contributed by atoms with Crippen LogP contribution in [0.4, 0.5) is 5.82 Å². The zero-order valence-corrected chi connectivity index (χ0v) is 16.9. The minimum absolute atomic E-state index is 0.0679. The van der Waals surface area contributed by atoms with E-state index in [9.17, 15) is 9.59 Å². The maximum atomic E-state index is 13.1. The maximum Gasteiger partial charge on any atom is 0.231 e. The van der Waals surface area contributed by atoms with Crippen LogP contribution in [0.15, 0.2) is 60.8 Å². The quantitative estimate of drug-likeness (QED) is 0.709. The number of carbonyl (C=O) groups excluding carboxylic acids is 2. The van der Waals surface area contributed by atoms with Crippen LogP contribution in [-0.4, -0.2) is 33.5 Å². The maximum absolute atomic E-state index is 13.1. The van der Waals surface area contributed by atoms with Crippen molar-refractivity contribution in [3.8, 4) is 5.69 Å². The van der Waals surface area contributed by atoms with Gasteiger partial charge in [0.2, 0.25) is 11.8 Å². The summed E-state index contributed by atoms with van der Waals surface area (Å²) < 4.78 is 1.73. The van der Waals surface area contributed by atoms with Crippen LogP contribution in [0.5, 0.6) is 0 Å². The van der Waals surface area contributed by atoms with Gasteiger partial charge in [0.05, 0.1) is 17.6 Å². The van der Waals surface area contributed by atoms with Gasteiger partial charge in [0, 0.05) is 30.3 Å². The van der Waals surface area contributed by atoms with Crippen molar-refractivity contribution in [1.29, 1.82) is 0 Å². The van der Waals surface area contributed by atoms with E-state index in [4.69, 9.17) is 11.6 Å². The first kappa shape index (κ1) is 19.2. The van der Waals surface area contributed by atoms with Crippen molar-refractivity contribution in [2.45, 2.75) is 19.4 Å². The number of rotatable bonds is 4. The van der Waals surface area contributed by atoms with Gasteiger partial charge < -0.3 is 10.2 Å². The molecule has 148 valence electrons. The molecule has 1 aromatic heterocycles. The molecule has 1 saturated heterocycles. The highest BCUT2D eigenvalue weighted by Gasteiger charge is 2.43. The number of aromatic nitrogens is 2. The van der Waals surface area contributed by atoms with Gasteiger partial charge in [-0.1, -0.05) is 41.9 Å². The van der Waals surface area contributed by atoms with Crippen molar-refractivity contribution in [1.82, 2.24) is 14.7 Å². The summed E-state index contributed by atoms with van der Waals surface area (Å²) in [5, 5.41) is 8.00. The van der Waals surface area contributed by atoms with E-state index in [1.807, 2.05) is 55.6 Å². The lowest BCUT2D eigenvalue weighted by molar-refractivity contribution is -0.127. The molecule has 7 heteroatoms. The molecule has 1 aliphatic heterocycles. The second-order valence-electron chi connectivity index (χ2n) is 7.25.